The minimum Gasteiger partial charge on any atom is -0.312 e. The highest BCUT2D eigenvalue weighted by Crippen LogP contribution is 2.45. The SMILES string of the molecule is C[C@H](N[C@]12CCC[C@@]1(F)CNC2)c1ccccc1. The molecule has 1 aliphatic heterocycles. The lowest BCUT2D eigenvalue weighted by Crippen LogP contribution is -2.57. The summed E-state index contributed by atoms with van der Waals surface area (Å²) < 4.78 is 14.9. The third kappa shape index (κ3) is 1.77. The Labute approximate surface area is 108 Å². The fraction of sp³-hybridized carbons (Fsp3) is 0.600. The first kappa shape index (κ1) is 12.1. The molecular weight excluding hydrogens is 227 g/mol. The highest BCUT2D eigenvalue weighted by Gasteiger charge is 2.59. The van der Waals surface area contributed by atoms with Crippen molar-refractivity contribution in [3.05, 3.63) is 35.9 Å². The van der Waals surface area contributed by atoms with Crippen molar-refractivity contribution in [2.24, 2.45) is 0 Å². The standard InChI is InChI=1S/C15H21FN2/c1-12(13-6-3-2-4-7-13)18-15-9-5-8-14(15,16)10-17-11-15/h2-4,6-7,12,17-18H,5,8-11H2,1H3/t12-,14+,15-/m0/s1. The van der Waals surface area contributed by atoms with Gasteiger partial charge >= 0.3 is 0 Å². The molecule has 2 nitrogen and oxygen atoms in total. The van der Waals surface area contributed by atoms with Crippen molar-refractivity contribution >= 4 is 0 Å². The minimum atomic E-state index is -1.06. The number of hydrogen-bond donors (Lipinski definition) is 2. The van der Waals surface area contributed by atoms with Crippen molar-refractivity contribution in [3.63, 3.8) is 0 Å². The number of nitrogens with one attached hydrogen (secondary N) is 2. The van der Waals surface area contributed by atoms with Crippen molar-refractivity contribution in [1.29, 1.82) is 0 Å². The van der Waals surface area contributed by atoms with Crippen LogP contribution in [0.3, 0.4) is 0 Å². The maximum absolute atomic E-state index is 14.9. The summed E-state index contributed by atoms with van der Waals surface area (Å²) in [5.74, 6) is 0. The van der Waals surface area contributed by atoms with Gasteiger partial charge in [0.1, 0.15) is 5.67 Å². The van der Waals surface area contributed by atoms with Gasteiger partial charge in [0, 0.05) is 19.1 Å². The molecule has 0 aromatic heterocycles. The topological polar surface area (TPSA) is 24.1 Å². The Morgan fingerprint density at radius 2 is 2.00 bits per heavy atom. The number of halogens is 1. The van der Waals surface area contributed by atoms with E-state index in [0.717, 1.165) is 19.4 Å². The molecule has 2 N–H and O–H groups in total. The summed E-state index contributed by atoms with van der Waals surface area (Å²) >= 11 is 0. The average Bonchev–Trinajstić information content (AvgIpc) is 2.83. The van der Waals surface area contributed by atoms with Crippen LogP contribution in [0.5, 0.6) is 0 Å². The van der Waals surface area contributed by atoms with Crippen molar-refractivity contribution in [1.82, 2.24) is 10.6 Å². The van der Waals surface area contributed by atoms with Crippen molar-refractivity contribution in [3.8, 4) is 0 Å². The number of rotatable bonds is 3. The van der Waals surface area contributed by atoms with Crippen molar-refractivity contribution < 1.29 is 4.39 Å². The molecule has 1 aromatic carbocycles. The van der Waals surface area contributed by atoms with Gasteiger partial charge in [-0.15, -0.1) is 0 Å². The van der Waals surface area contributed by atoms with Gasteiger partial charge in [0.05, 0.1) is 5.54 Å². The van der Waals surface area contributed by atoms with E-state index in [9.17, 15) is 4.39 Å². The Morgan fingerprint density at radius 3 is 2.78 bits per heavy atom. The van der Waals surface area contributed by atoms with Crippen molar-refractivity contribution in [2.75, 3.05) is 13.1 Å². The van der Waals surface area contributed by atoms with Gasteiger partial charge in [-0.3, -0.25) is 0 Å². The third-order valence-electron chi connectivity index (χ3n) is 4.66. The van der Waals surface area contributed by atoms with Crippen LogP contribution in [0.2, 0.25) is 0 Å². The van der Waals surface area contributed by atoms with E-state index in [4.69, 9.17) is 0 Å². The number of benzene rings is 1. The van der Waals surface area contributed by atoms with E-state index in [1.54, 1.807) is 0 Å². The zero-order chi connectivity index (χ0) is 12.6. The van der Waals surface area contributed by atoms with Crippen LogP contribution >= 0.6 is 0 Å². The zero-order valence-electron chi connectivity index (χ0n) is 10.9. The lowest BCUT2D eigenvalue weighted by atomic mass is 9.86. The van der Waals surface area contributed by atoms with Gasteiger partial charge in [0.25, 0.3) is 0 Å². The molecule has 1 saturated carbocycles. The summed E-state index contributed by atoms with van der Waals surface area (Å²) in [4.78, 5) is 0. The second kappa shape index (κ2) is 4.32. The number of fused-ring (bicyclic) bond motifs is 1. The Morgan fingerprint density at radius 1 is 1.22 bits per heavy atom. The molecule has 3 heteroatoms. The third-order valence-corrected chi connectivity index (χ3v) is 4.66. The predicted octanol–water partition coefficient (Wildman–Crippen LogP) is 2.57. The number of hydrogen-bond acceptors (Lipinski definition) is 2. The van der Waals surface area contributed by atoms with E-state index in [-0.39, 0.29) is 11.6 Å². The molecule has 0 radical (unpaired) electrons. The number of alkyl halides is 1. The van der Waals surface area contributed by atoms with Gasteiger partial charge in [0.15, 0.2) is 0 Å². The van der Waals surface area contributed by atoms with Crippen LogP contribution < -0.4 is 10.6 Å². The van der Waals surface area contributed by atoms with Crippen LogP contribution in [-0.4, -0.2) is 24.3 Å². The molecule has 0 amide bonds. The predicted molar refractivity (Wildman–Crippen MR) is 71.3 cm³/mol. The summed E-state index contributed by atoms with van der Waals surface area (Å²) in [5, 5.41) is 6.80. The molecule has 3 rings (SSSR count). The second-order valence-corrected chi connectivity index (χ2v) is 5.78. The van der Waals surface area contributed by atoms with E-state index < -0.39 is 5.67 Å². The van der Waals surface area contributed by atoms with Crippen molar-refractivity contribution in [2.45, 2.75) is 43.4 Å². The molecule has 98 valence electrons. The van der Waals surface area contributed by atoms with E-state index in [1.807, 2.05) is 18.2 Å². The molecule has 0 spiro atoms. The molecule has 0 bridgehead atoms. The highest BCUT2D eigenvalue weighted by atomic mass is 19.1. The average molecular weight is 248 g/mol. The molecule has 2 fully saturated rings. The second-order valence-electron chi connectivity index (χ2n) is 5.78. The summed E-state index contributed by atoms with van der Waals surface area (Å²) in [5.41, 5.74) is -0.189. The lowest BCUT2D eigenvalue weighted by molar-refractivity contribution is 0.0970. The summed E-state index contributed by atoms with van der Waals surface area (Å²) in [7, 11) is 0. The van der Waals surface area contributed by atoms with Crippen LogP contribution in [0.25, 0.3) is 0 Å². The first-order valence-electron chi connectivity index (χ1n) is 6.88. The first-order chi connectivity index (χ1) is 8.65. The molecule has 3 atom stereocenters. The Hall–Kier alpha value is -0.930. The molecule has 18 heavy (non-hydrogen) atoms. The molecule has 1 saturated heterocycles. The smallest absolute Gasteiger partial charge is 0.142 e. The molecule has 2 aliphatic rings. The molecule has 1 aliphatic carbocycles. The summed E-state index contributed by atoms with van der Waals surface area (Å²) in [6.07, 6.45) is 2.62. The Balaban J connectivity index is 1.80. The zero-order valence-corrected chi connectivity index (χ0v) is 10.9. The van der Waals surface area contributed by atoms with Gasteiger partial charge in [-0.2, -0.15) is 0 Å². The van der Waals surface area contributed by atoms with E-state index >= 15 is 0 Å². The molecule has 1 heterocycles. The van der Waals surface area contributed by atoms with Crippen LogP contribution in [-0.2, 0) is 0 Å². The summed E-state index contributed by atoms with van der Waals surface area (Å²) in [6, 6.07) is 10.5. The largest absolute Gasteiger partial charge is 0.312 e. The Bertz CT molecular complexity index is 408. The molecule has 0 unspecified atom stereocenters. The quantitative estimate of drug-likeness (QED) is 0.859. The molecule has 1 aromatic rings. The van der Waals surface area contributed by atoms with E-state index in [1.165, 1.54) is 5.56 Å². The van der Waals surface area contributed by atoms with E-state index in [2.05, 4.69) is 29.7 Å². The fourth-order valence-corrected chi connectivity index (χ4v) is 3.60. The van der Waals surface area contributed by atoms with Gasteiger partial charge in [-0.1, -0.05) is 30.3 Å². The minimum absolute atomic E-state index is 0.194. The van der Waals surface area contributed by atoms with Crippen LogP contribution in [0.4, 0.5) is 4.39 Å². The van der Waals surface area contributed by atoms with E-state index in [0.29, 0.717) is 13.0 Å². The van der Waals surface area contributed by atoms with Gasteiger partial charge in [-0.05, 0) is 31.7 Å². The normalized spacial score (nSPS) is 36.6. The fourth-order valence-electron chi connectivity index (χ4n) is 3.60. The van der Waals surface area contributed by atoms with Crippen LogP contribution in [0.1, 0.15) is 37.8 Å². The van der Waals surface area contributed by atoms with Gasteiger partial charge in [-0.25, -0.2) is 4.39 Å². The Kier molecular flexibility index (Phi) is 2.91. The summed E-state index contributed by atoms with van der Waals surface area (Å²) in [6.45, 7) is 3.38. The van der Waals surface area contributed by atoms with Crippen LogP contribution in [0.15, 0.2) is 30.3 Å². The monoisotopic (exact) mass is 248 g/mol. The first-order valence-corrected chi connectivity index (χ1v) is 6.88. The lowest BCUT2D eigenvalue weighted by Gasteiger charge is -2.37. The van der Waals surface area contributed by atoms with Gasteiger partial charge < -0.3 is 10.6 Å². The maximum atomic E-state index is 14.9. The maximum Gasteiger partial charge on any atom is 0.142 e. The molecular formula is C15H21FN2. The van der Waals surface area contributed by atoms with Crippen LogP contribution in [0, 0.1) is 0 Å². The van der Waals surface area contributed by atoms with Gasteiger partial charge in [0.2, 0.25) is 0 Å². The highest BCUT2D eigenvalue weighted by molar-refractivity contribution is 5.23.